The molecule has 1 fully saturated rings. The second-order valence-corrected chi connectivity index (χ2v) is 9.33. The van der Waals surface area contributed by atoms with Crippen LogP contribution < -0.4 is 10.7 Å². The third kappa shape index (κ3) is 3.94. The minimum absolute atomic E-state index is 0.00959. The van der Waals surface area contributed by atoms with E-state index >= 15 is 0 Å². The summed E-state index contributed by atoms with van der Waals surface area (Å²) in [6, 6.07) is 4.36. The van der Waals surface area contributed by atoms with Crippen molar-refractivity contribution in [3.8, 4) is 5.75 Å². The first-order chi connectivity index (χ1) is 15.6. The summed E-state index contributed by atoms with van der Waals surface area (Å²) < 4.78 is 15.6. The number of rotatable bonds is 5. The van der Waals surface area contributed by atoms with Crippen LogP contribution in [0.25, 0.3) is 0 Å². The number of hydrogen-bond donors (Lipinski definition) is 3. The maximum absolute atomic E-state index is 14.1. The fourth-order valence-corrected chi connectivity index (χ4v) is 5.00. The molecule has 0 radical (unpaired) electrons. The van der Waals surface area contributed by atoms with E-state index in [4.69, 9.17) is 11.6 Å². The van der Waals surface area contributed by atoms with E-state index in [1.807, 2.05) is 18.7 Å². The Hall–Kier alpha value is -2.75. The molecule has 33 heavy (non-hydrogen) atoms. The number of aliphatic hydroxyl groups excluding tert-OH is 1. The second kappa shape index (κ2) is 8.55. The van der Waals surface area contributed by atoms with Crippen LogP contribution in [0, 0.1) is 11.7 Å². The molecule has 3 N–H and O–H groups in total. The highest BCUT2D eigenvalue weighted by Crippen LogP contribution is 2.51. The molecule has 1 spiro atoms. The van der Waals surface area contributed by atoms with Gasteiger partial charge in [-0.1, -0.05) is 23.7 Å². The lowest BCUT2D eigenvalue weighted by atomic mass is 10.1. The third-order valence-corrected chi connectivity index (χ3v) is 6.90. The highest BCUT2D eigenvalue weighted by molar-refractivity contribution is 6.30. The van der Waals surface area contributed by atoms with Gasteiger partial charge in [0.2, 0.25) is 5.43 Å². The largest absolute Gasteiger partial charge is 0.503 e. The van der Waals surface area contributed by atoms with E-state index in [0.29, 0.717) is 6.42 Å². The quantitative estimate of drug-likeness (QED) is 0.606. The molecule has 176 valence electrons. The van der Waals surface area contributed by atoms with Crippen molar-refractivity contribution < 1.29 is 24.2 Å². The summed E-state index contributed by atoms with van der Waals surface area (Å²) in [7, 11) is 0. The van der Waals surface area contributed by atoms with Crippen molar-refractivity contribution in [2.24, 2.45) is 5.92 Å². The molecule has 0 saturated heterocycles. The first-order valence-electron chi connectivity index (χ1n) is 10.7. The molecule has 8 nitrogen and oxygen atoms in total. The number of Topliss-reactive ketones (excluding diaryl/α,β-unsaturated/α-hetero) is 1. The lowest BCUT2D eigenvalue weighted by Crippen LogP contribution is -2.47. The Morgan fingerprint density at radius 1 is 1.36 bits per heavy atom. The molecule has 0 bridgehead atoms. The molecule has 1 saturated carbocycles. The van der Waals surface area contributed by atoms with Crippen LogP contribution in [0.5, 0.6) is 5.75 Å². The molecule has 2 atom stereocenters. The smallest absolute Gasteiger partial charge is 0.257 e. The van der Waals surface area contributed by atoms with Gasteiger partial charge in [0.25, 0.3) is 5.91 Å². The molecule has 1 aromatic heterocycles. The lowest BCUT2D eigenvalue weighted by molar-refractivity contribution is 0.0763. The highest BCUT2D eigenvalue weighted by Gasteiger charge is 2.60. The van der Waals surface area contributed by atoms with Crippen molar-refractivity contribution in [2.45, 2.75) is 44.9 Å². The van der Waals surface area contributed by atoms with E-state index in [0.717, 1.165) is 0 Å². The number of aromatic nitrogens is 1. The normalized spacial score (nSPS) is 22.4. The van der Waals surface area contributed by atoms with Crippen LogP contribution in [-0.4, -0.2) is 56.1 Å². The van der Waals surface area contributed by atoms with Gasteiger partial charge in [0, 0.05) is 49.0 Å². The monoisotopic (exact) mass is 477 g/mol. The molecule has 4 rings (SSSR count). The summed E-state index contributed by atoms with van der Waals surface area (Å²) in [5, 5.41) is 22.7. The number of pyridine rings is 1. The number of carbonyl (C=O) groups is 2. The number of fused-ring (bicyclic) bond motifs is 1. The van der Waals surface area contributed by atoms with Crippen LogP contribution >= 0.6 is 11.6 Å². The standard InChI is InChI=1S/C23H25ClFN3O5/c1-12(2)28-9-17(30)19-21(32)20(31)15(8-27(19)11-23(28)6-14(23)10-29)22(33)26-7-13-4-3-5-16(24)18(13)25/h3-5,8,12,14,29,32H,6-7,9-11H2,1-2H3,(H,26,33). The zero-order valence-electron chi connectivity index (χ0n) is 18.3. The van der Waals surface area contributed by atoms with Crippen LogP contribution in [-0.2, 0) is 13.1 Å². The SMILES string of the molecule is CC(C)N1CC(=O)c2c(O)c(=O)c(C(=O)NCc3cccc(Cl)c3F)cn2CC12CC2CO. The molecule has 2 aromatic rings. The Kier molecular flexibility index (Phi) is 6.07. The topological polar surface area (TPSA) is 112 Å². The minimum Gasteiger partial charge on any atom is -0.503 e. The predicted molar refractivity (Wildman–Crippen MR) is 119 cm³/mol. The van der Waals surface area contributed by atoms with Gasteiger partial charge < -0.3 is 20.1 Å². The Bertz CT molecular complexity index is 1200. The van der Waals surface area contributed by atoms with Crippen LogP contribution in [0.15, 0.2) is 29.2 Å². The van der Waals surface area contributed by atoms with Crippen molar-refractivity contribution in [2.75, 3.05) is 13.2 Å². The van der Waals surface area contributed by atoms with Crippen molar-refractivity contribution in [3.05, 3.63) is 62.3 Å². The first kappa shape index (κ1) is 23.4. The molecule has 1 aliphatic heterocycles. The number of aliphatic hydroxyl groups is 1. The summed E-state index contributed by atoms with van der Waals surface area (Å²) in [6.45, 7) is 3.82. The first-order valence-corrected chi connectivity index (χ1v) is 11.1. The number of amides is 1. The highest BCUT2D eigenvalue weighted by atomic mass is 35.5. The summed E-state index contributed by atoms with van der Waals surface area (Å²) in [4.78, 5) is 40.5. The minimum atomic E-state index is -0.972. The van der Waals surface area contributed by atoms with E-state index in [-0.39, 0.29) is 60.0 Å². The number of halogens is 2. The fraction of sp³-hybridized carbons (Fsp3) is 0.435. The molecule has 1 aliphatic carbocycles. The van der Waals surface area contributed by atoms with Gasteiger partial charge in [-0.2, -0.15) is 0 Å². The summed E-state index contributed by atoms with van der Waals surface area (Å²) in [6.07, 6.45) is 1.91. The van der Waals surface area contributed by atoms with E-state index in [1.165, 1.54) is 29.0 Å². The molecule has 2 heterocycles. The van der Waals surface area contributed by atoms with Gasteiger partial charge in [-0.15, -0.1) is 0 Å². The second-order valence-electron chi connectivity index (χ2n) is 8.92. The molecule has 2 unspecified atom stereocenters. The average Bonchev–Trinajstić information content (AvgIpc) is 3.50. The van der Waals surface area contributed by atoms with Crippen LogP contribution in [0.2, 0.25) is 5.02 Å². The van der Waals surface area contributed by atoms with E-state index < -0.39 is 34.2 Å². The van der Waals surface area contributed by atoms with Gasteiger partial charge in [0.1, 0.15) is 17.1 Å². The summed E-state index contributed by atoms with van der Waals surface area (Å²) in [5.74, 6) is -2.78. The van der Waals surface area contributed by atoms with Crippen LogP contribution in [0.3, 0.4) is 0 Å². The van der Waals surface area contributed by atoms with Crippen molar-refractivity contribution in [3.63, 3.8) is 0 Å². The van der Waals surface area contributed by atoms with Gasteiger partial charge >= 0.3 is 0 Å². The van der Waals surface area contributed by atoms with Crippen molar-refractivity contribution in [1.29, 1.82) is 0 Å². The zero-order chi connectivity index (χ0) is 24.1. The number of aromatic hydroxyl groups is 1. The van der Waals surface area contributed by atoms with Gasteiger partial charge in [-0.25, -0.2) is 4.39 Å². The molecular formula is C23H25ClFN3O5. The van der Waals surface area contributed by atoms with Crippen molar-refractivity contribution in [1.82, 2.24) is 14.8 Å². The lowest BCUT2D eigenvalue weighted by Gasteiger charge is -2.34. The maximum atomic E-state index is 14.1. The van der Waals surface area contributed by atoms with Gasteiger partial charge in [0.15, 0.2) is 11.5 Å². The van der Waals surface area contributed by atoms with Gasteiger partial charge in [-0.3, -0.25) is 19.3 Å². The third-order valence-electron chi connectivity index (χ3n) is 6.61. The van der Waals surface area contributed by atoms with E-state index in [2.05, 4.69) is 5.32 Å². The van der Waals surface area contributed by atoms with E-state index in [9.17, 15) is 29.0 Å². The Balaban J connectivity index is 1.69. The van der Waals surface area contributed by atoms with Crippen molar-refractivity contribution >= 4 is 23.3 Å². The van der Waals surface area contributed by atoms with Crippen LogP contribution in [0.1, 0.15) is 46.7 Å². The Morgan fingerprint density at radius 2 is 2.09 bits per heavy atom. The Labute approximate surface area is 194 Å². The van der Waals surface area contributed by atoms with Gasteiger partial charge in [0.05, 0.1) is 11.6 Å². The number of nitrogens with one attached hydrogen (secondary N) is 1. The summed E-state index contributed by atoms with van der Waals surface area (Å²) in [5.41, 5.74) is -1.85. The molecule has 10 heteroatoms. The molecule has 1 aromatic carbocycles. The number of nitrogens with zero attached hydrogens (tertiary/aromatic N) is 2. The number of carbonyl (C=O) groups excluding carboxylic acids is 2. The summed E-state index contributed by atoms with van der Waals surface area (Å²) >= 11 is 5.76. The zero-order valence-corrected chi connectivity index (χ0v) is 19.0. The molecule has 1 amide bonds. The number of hydrogen-bond acceptors (Lipinski definition) is 6. The molecular weight excluding hydrogens is 453 g/mol. The van der Waals surface area contributed by atoms with E-state index in [1.54, 1.807) is 0 Å². The van der Waals surface area contributed by atoms with Gasteiger partial charge in [-0.05, 0) is 26.3 Å². The number of ketones is 1. The predicted octanol–water partition coefficient (Wildman–Crippen LogP) is 1.93. The maximum Gasteiger partial charge on any atom is 0.257 e. The fourth-order valence-electron chi connectivity index (χ4n) is 4.80. The average molecular weight is 478 g/mol. The number of benzene rings is 1. The Morgan fingerprint density at radius 3 is 2.73 bits per heavy atom. The van der Waals surface area contributed by atoms with Crippen LogP contribution in [0.4, 0.5) is 4.39 Å². The molecule has 2 aliphatic rings.